The number of rotatable bonds is 4. The van der Waals surface area contributed by atoms with E-state index in [9.17, 15) is 4.39 Å². The molecule has 0 unspecified atom stereocenters. The van der Waals surface area contributed by atoms with Gasteiger partial charge in [-0.2, -0.15) is 0 Å². The molecule has 0 bridgehead atoms. The van der Waals surface area contributed by atoms with E-state index in [2.05, 4.69) is 14.9 Å². The quantitative estimate of drug-likeness (QED) is 0.430. The molecule has 7 heteroatoms. The summed E-state index contributed by atoms with van der Waals surface area (Å²) in [6, 6.07) is 6.09. The van der Waals surface area contributed by atoms with Crippen molar-refractivity contribution in [1.82, 2.24) is 9.88 Å². The average Bonchev–Trinajstić information content (AvgIpc) is 2.89. The Morgan fingerprint density at radius 3 is 2.52 bits per heavy atom. The molecular weight excluding hydrogens is 434 g/mol. The number of aromatic nitrogens is 1. The summed E-state index contributed by atoms with van der Waals surface area (Å²) in [4.78, 5) is 11.1. The molecule has 1 aliphatic heterocycles. The zero-order valence-corrected chi connectivity index (χ0v) is 16.5. The smallest absolute Gasteiger partial charge is 0.226 e. The highest BCUT2D eigenvalue weighted by Gasteiger charge is 2.11. The summed E-state index contributed by atoms with van der Waals surface area (Å²) >= 11 is 0. The van der Waals surface area contributed by atoms with Crippen LogP contribution in [0.5, 0.6) is 0 Å². The molecule has 0 amide bonds. The number of guanidine groups is 1. The summed E-state index contributed by atoms with van der Waals surface area (Å²) in [6.07, 6.45) is 7.19. The Kier molecular flexibility index (Phi) is 7.67. The molecule has 2 heterocycles. The normalized spacial score (nSPS) is 15.6. The van der Waals surface area contributed by atoms with Crippen LogP contribution in [0.25, 0.3) is 11.5 Å². The highest BCUT2D eigenvalue weighted by atomic mass is 127. The van der Waals surface area contributed by atoms with E-state index in [0.29, 0.717) is 24.8 Å². The summed E-state index contributed by atoms with van der Waals surface area (Å²) in [6.45, 7) is 2.57. The number of hydrogen-bond donors (Lipinski definition) is 1. The standard InChI is InChI=1S/C18H23FN4O.HI/c19-15-7-5-14(6-8-15)17-22-16(13-24-17)9-10-21-18(20)23-11-3-1-2-4-12-23;/h5-8,13H,1-4,9-12H2,(H2,20,21);1H. The molecular formula is C18H24FIN4O. The number of hydrogen-bond acceptors (Lipinski definition) is 3. The van der Waals surface area contributed by atoms with Crippen molar-refractivity contribution in [3.05, 3.63) is 42.0 Å². The lowest BCUT2D eigenvalue weighted by molar-refractivity contribution is 0.428. The molecule has 2 N–H and O–H groups in total. The molecule has 0 aliphatic carbocycles. The molecule has 0 saturated carbocycles. The van der Waals surface area contributed by atoms with E-state index in [4.69, 9.17) is 10.2 Å². The number of benzene rings is 1. The maximum atomic E-state index is 12.9. The van der Waals surface area contributed by atoms with Gasteiger partial charge in [0.05, 0.1) is 5.69 Å². The predicted octanol–water partition coefficient (Wildman–Crippen LogP) is 3.83. The van der Waals surface area contributed by atoms with Crippen molar-refractivity contribution >= 4 is 29.9 Å². The highest BCUT2D eigenvalue weighted by Crippen LogP contribution is 2.19. The lowest BCUT2D eigenvalue weighted by Gasteiger charge is -2.20. The lowest BCUT2D eigenvalue weighted by atomic mass is 10.2. The van der Waals surface area contributed by atoms with Gasteiger partial charge in [0, 0.05) is 31.6 Å². The van der Waals surface area contributed by atoms with Crippen LogP contribution in [0.2, 0.25) is 0 Å². The topological polar surface area (TPSA) is 67.6 Å². The zero-order chi connectivity index (χ0) is 16.8. The van der Waals surface area contributed by atoms with E-state index in [0.717, 1.165) is 24.3 Å². The van der Waals surface area contributed by atoms with Crippen LogP contribution in [0.1, 0.15) is 31.4 Å². The number of aliphatic imine (C=N–C) groups is 1. The third-order valence-corrected chi connectivity index (χ3v) is 4.21. The van der Waals surface area contributed by atoms with Gasteiger partial charge in [0.15, 0.2) is 5.96 Å². The number of likely N-dealkylation sites (tertiary alicyclic amines) is 1. The first-order chi connectivity index (χ1) is 11.7. The van der Waals surface area contributed by atoms with Crippen LogP contribution in [-0.2, 0) is 6.42 Å². The second-order valence-electron chi connectivity index (χ2n) is 6.04. The molecule has 1 fully saturated rings. The maximum absolute atomic E-state index is 12.9. The largest absolute Gasteiger partial charge is 0.444 e. The van der Waals surface area contributed by atoms with E-state index in [1.165, 1.54) is 37.8 Å². The van der Waals surface area contributed by atoms with Gasteiger partial charge in [-0.25, -0.2) is 9.37 Å². The van der Waals surface area contributed by atoms with E-state index in [-0.39, 0.29) is 29.8 Å². The van der Waals surface area contributed by atoms with Crippen molar-refractivity contribution in [2.24, 2.45) is 10.7 Å². The van der Waals surface area contributed by atoms with Crippen molar-refractivity contribution < 1.29 is 8.81 Å². The number of nitrogens with zero attached hydrogens (tertiary/aromatic N) is 3. The fraction of sp³-hybridized carbons (Fsp3) is 0.444. The second kappa shape index (κ2) is 9.74. The van der Waals surface area contributed by atoms with E-state index in [1.54, 1.807) is 18.4 Å². The molecule has 5 nitrogen and oxygen atoms in total. The molecule has 0 radical (unpaired) electrons. The second-order valence-corrected chi connectivity index (χ2v) is 6.04. The molecule has 0 spiro atoms. The predicted molar refractivity (Wildman–Crippen MR) is 108 cm³/mol. The van der Waals surface area contributed by atoms with Gasteiger partial charge in [0.1, 0.15) is 12.1 Å². The molecule has 1 aliphatic rings. The van der Waals surface area contributed by atoms with Gasteiger partial charge in [0.2, 0.25) is 5.89 Å². The van der Waals surface area contributed by atoms with Crippen molar-refractivity contribution in [3.63, 3.8) is 0 Å². The zero-order valence-electron chi connectivity index (χ0n) is 14.2. The van der Waals surface area contributed by atoms with Crippen molar-refractivity contribution in [2.45, 2.75) is 32.1 Å². The van der Waals surface area contributed by atoms with Crippen molar-refractivity contribution in [2.75, 3.05) is 19.6 Å². The molecule has 0 atom stereocenters. The molecule has 1 aromatic carbocycles. The van der Waals surface area contributed by atoms with Gasteiger partial charge in [-0.1, -0.05) is 12.8 Å². The first kappa shape index (κ1) is 19.7. The van der Waals surface area contributed by atoms with Crippen LogP contribution in [0, 0.1) is 5.82 Å². The maximum Gasteiger partial charge on any atom is 0.226 e. The van der Waals surface area contributed by atoms with Crippen molar-refractivity contribution in [3.8, 4) is 11.5 Å². The Morgan fingerprint density at radius 1 is 1.16 bits per heavy atom. The number of nitrogens with two attached hydrogens (primary N) is 1. The summed E-state index contributed by atoms with van der Waals surface area (Å²) < 4.78 is 18.4. The van der Waals surface area contributed by atoms with Gasteiger partial charge in [-0.3, -0.25) is 4.99 Å². The van der Waals surface area contributed by atoms with Crippen LogP contribution in [-0.4, -0.2) is 35.5 Å². The summed E-state index contributed by atoms with van der Waals surface area (Å²) in [5, 5.41) is 0. The SMILES string of the molecule is I.NC(=NCCc1coc(-c2ccc(F)cc2)n1)N1CCCCCC1. The lowest BCUT2D eigenvalue weighted by Crippen LogP contribution is -2.38. The summed E-state index contributed by atoms with van der Waals surface area (Å²) in [7, 11) is 0. The number of oxazole rings is 1. The van der Waals surface area contributed by atoms with Gasteiger partial charge < -0.3 is 15.1 Å². The minimum atomic E-state index is -0.274. The summed E-state index contributed by atoms with van der Waals surface area (Å²) in [5.41, 5.74) is 7.67. The Morgan fingerprint density at radius 2 is 1.84 bits per heavy atom. The van der Waals surface area contributed by atoms with E-state index in [1.807, 2.05) is 0 Å². The van der Waals surface area contributed by atoms with Gasteiger partial charge in [-0.15, -0.1) is 24.0 Å². The Labute approximate surface area is 164 Å². The van der Waals surface area contributed by atoms with E-state index < -0.39 is 0 Å². The van der Waals surface area contributed by atoms with Gasteiger partial charge >= 0.3 is 0 Å². The minimum absolute atomic E-state index is 0. The Balaban J connectivity index is 0.00000225. The number of halogens is 2. The average molecular weight is 458 g/mol. The van der Waals surface area contributed by atoms with Crippen LogP contribution < -0.4 is 5.73 Å². The van der Waals surface area contributed by atoms with Crippen molar-refractivity contribution in [1.29, 1.82) is 0 Å². The summed E-state index contributed by atoms with van der Waals surface area (Å²) in [5.74, 6) is 0.845. The first-order valence-electron chi connectivity index (χ1n) is 8.47. The molecule has 136 valence electrons. The molecule has 25 heavy (non-hydrogen) atoms. The van der Waals surface area contributed by atoms with Gasteiger partial charge in [0.25, 0.3) is 0 Å². The Hall–Kier alpha value is -1.64. The fourth-order valence-electron chi connectivity index (χ4n) is 2.83. The minimum Gasteiger partial charge on any atom is -0.444 e. The fourth-order valence-corrected chi connectivity index (χ4v) is 2.83. The van der Waals surface area contributed by atoms with Crippen LogP contribution in [0.15, 0.2) is 39.9 Å². The third-order valence-electron chi connectivity index (χ3n) is 4.21. The van der Waals surface area contributed by atoms with Crippen LogP contribution >= 0.6 is 24.0 Å². The van der Waals surface area contributed by atoms with Gasteiger partial charge in [-0.05, 0) is 37.1 Å². The molecule has 3 rings (SSSR count). The van der Waals surface area contributed by atoms with E-state index >= 15 is 0 Å². The molecule has 1 saturated heterocycles. The Bertz CT molecular complexity index is 679. The van der Waals surface area contributed by atoms with Crippen LogP contribution in [0.4, 0.5) is 4.39 Å². The monoisotopic (exact) mass is 458 g/mol. The van der Waals surface area contributed by atoms with Crippen LogP contribution in [0.3, 0.4) is 0 Å². The first-order valence-corrected chi connectivity index (χ1v) is 8.47. The highest BCUT2D eigenvalue weighted by molar-refractivity contribution is 14.0. The third kappa shape index (κ3) is 5.69. The molecule has 1 aromatic heterocycles. The molecule has 2 aromatic rings.